The number of anilines is 1. The predicted molar refractivity (Wildman–Crippen MR) is 95.7 cm³/mol. The Labute approximate surface area is 146 Å². The summed E-state index contributed by atoms with van der Waals surface area (Å²) in [7, 11) is 0. The lowest BCUT2D eigenvalue weighted by Gasteiger charge is -2.09. The summed E-state index contributed by atoms with van der Waals surface area (Å²) in [6.45, 7) is 3.60. The molecule has 0 aliphatic heterocycles. The second-order valence-corrected chi connectivity index (χ2v) is 5.89. The smallest absolute Gasteiger partial charge is 0.269 e. The molecular weight excluding hydrogens is 318 g/mol. The highest BCUT2D eigenvalue weighted by molar-refractivity contribution is 5.97. The van der Waals surface area contributed by atoms with Crippen molar-refractivity contribution in [2.75, 3.05) is 5.32 Å². The lowest BCUT2D eigenvalue weighted by atomic mass is 10.1. The molecule has 2 rings (SSSR count). The van der Waals surface area contributed by atoms with Crippen molar-refractivity contribution in [1.29, 1.82) is 0 Å². The number of hydrogen-bond donors (Lipinski definition) is 3. The summed E-state index contributed by atoms with van der Waals surface area (Å²) in [4.78, 5) is 35.5. The van der Waals surface area contributed by atoms with Crippen molar-refractivity contribution in [3.63, 3.8) is 0 Å². The van der Waals surface area contributed by atoms with Crippen molar-refractivity contribution >= 4 is 23.4 Å². The molecule has 0 atom stereocenters. The summed E-state index contributed by atoms with van der Waals surface area (Å²) in [5.74, 6) is -0.948. The maximum atomic E-state index is 12.0. The molecule has 0 saturated heterocycles. The van der Waals surface area contributed by atoms with Crippen LogP contribution >= 0.6 is 0 Å². The van der Waals surface area contributed by atoms with E-state index < -0.39 is 5.91 Å². The Bertz CT molecular complexity index is 740. The van der Waals surface area contributed by atoms with Gasteiger partial charge in [0.1, 0.15) is 0 Å². The number of amides is 3. The Morgan fingerprint density at radius 1 is 0.880 bits per heavy atom. The van der Waals surface area contributed by atoms with E-state index in [1.54, 1.807) is 38.1 Å². The van der Waals surface area contributed by atoms with Gasteiger partial charge in [-0.05, 0) is 29.8 Å². The van der Waals surface area contributed by atoms with Crippen LogP contribution in [0, 0.1) is 5.92 Å². The highest BCUT2D eigenvalue weighted by atomic mass is 16.2. The van der Waals surface area contributed by atoms with Crippen LogP contribution < -0.4 is 16.2 Å². The summed E-state index contributed by atoms with van der Waals surface area (Å²) in [5.41, 5.74) is 6.61. The van der Waals surface area contributed by atoms with E-state index >= 15 is 0 Å². The fraction of sp³-hybridized carbons (Fsp3) is 0.211. The van der Waals surface area contributed by atoms with Gasteiger partial charge in [0.25, 0.3) is 5.91 Å². The van der Waals surface area contributed by atoms with E-state index in [0.29, 0.717) is 11.3 Å². The molecule has 0 heterocycles. The fourth-order valence-electron chi connectivity index (χ4n) is 2.02. The number of rotatable bonds is 5. The van der Waals surface area contributed by atoms with Gasteiger partial charge in [0.2, 0.25) is 11.8 Å². The van der Waals surface area contributed by atoms with Crippen molar-refractivity contribution in [1.82, 2.24) is 10.9 Å². The van der Waals surface area contributed by atoms with E-state index in [0.717, 1.165) is 5.56 Å². The minimum Gasteiger partial charge on any atom is -0.326 e. The average Bonchev–Trinajstić information content (AvgIpc) is 2.61. The van der Waals surface area contributed by atoms with Crippen LogP contribution in [0.4, 0.5) is 5.69 Å². The molecule has 0 aliphatic carbocycles. The van der Waals surface area contributed by atoms with Crippen molar-refractivity contribution in [2.24, 2.45) is 5.92 Å². The van der Waals surface area contributed by atoms with E-state index in [1.807, 2.05) is 30.3 Å². The molecule has 130 valence electrons. The maximum Gasteiger partial charge on any atom is 0.269 e. The first-order valence-electron chi connectivity index (χ1n) is 7.99. The number of carbonyl (C=O) groups is 3. The van der Waals surface area contributed by atoms with Crippen LogP contribution in [0.1, 0.15) is 29.8 Å². The number of benzene rings is 2. The highest BCUT2D eigenvalue weighted by Crippen LogP contribution is 2.11. The van der Waals surface area contributed by atoms with Crippen molar-refractivity contribution < 1.29 is 14.4 Å². The molecule has 0 saturated carbocycles. The monoisotopic (exact) mass is 339 g/mol. The first kappa shape index (κ1) is 18.2. The SMILES string of the molecule is CC(C)C(=O)Nc1ccc(C(=O)NNC(=O)Cc2ccccc2)cc1. The van der Waals surface area contributed by atoms with Crippen LogP contribution in [0.3, 0.4) is 0 Å². The zero-order valence-electron chi connectivity index (χ0n) is 14.2. The van der Waals surface area contributed by atoms with Gasteiger partial charge in [-0.25, -0.2) is 0 Å². The summed E-state index contributed by atoms with van der Waals surface area (Å²) < 4.78 is 0. The minimum absolute atomic E-state index is 0.0922. The van der Waals surface area contributed by atoms with Crippen LogP contribution in [0.15, 0.2) is 54.6 Å². The van der Waals surface area contributed by atoms with E-state index in [1.165, 1.54) is 0 Å². The summed E-state index contributed by atoms with van der Waals surface area (Å²) >= 11 is 0. The molecule has 6 heteroatoms. The largest absolute Gasteiger partial charge is 0.326 e. The third-order valence-electron chi connectivity index (χ3n) is 3.46. The number of nitrogens with one attached hydrogen (secondary N) is 3. The Kier molecular flexibility index (Phi) is 6.28. The summed E-state index contributed by atoms with van der Waals surface area (Å²) in [6, 6.07) is 15.7. The molecule has 0 aromatic heterocycles. The van der Waals surface area contributed by atoms with Crippen molar-refractivity contribution in [3.8, 4) is 0 Å². The third kappa shape index (κ3) is 5.76. The van der Waals surface area contributed by atoms with Gasteiger partial charge in [-0.2, -0.15) is 0 Å². The van der Waals surface area contributed by atoms with Gasteiger partial charge in [-0.15, -0.1) is 0 Å². The fourth-order valence-corrected chi connectivity index (χ4v) is 2.02. The number of hydrogen-bond acceptors (Lipinski definition) is 3. The molecule has 0 radical (unpaired) electrons. The minimum atomic E-state index is -0.428. The van der Waals surface area contributed by atoms with Gasteiger partial charge in [-0.1, -0.05) is 44.2 Å². The van der Waals surface area contributed by atoms with Crippen LogP contribution in [0.2, 0.25) is 0 Å². The molecular formula is C19H21N3O3. The molecule has 25 heavy (non-hydrogen) atoms. The molecule has 2 aromatic rings. The quantitative estimate of drug-likeness (QED) is 0.730. The topological polar surface area (TPSA) is 87.3 Å². The maximum absolute atomic E-state index is 12.0. The van der Waals surface area contributed by atoms with E-state index in [-0.39, 0.29) is 24.2 Å². The lowest BCUT2D eigenvalue weighted by molar-refractivity contribution is -0.121. The number of carbonyl (C=O) groups excluding carboxylic acids is 3. The van der Waals surface area contributed by atoms with Gasteiger partial charge in [0.15, 0.2) is 0 Å². The molecule has 2 aromatic carbocycles. The molecule has 3 N–H and O–H groups in total. The Balaban J connectivity index is 1.84. The van der Waals surface area contributed by atoms with Crippen LogP contribution in [0.25, 0.3) is 0 Å². The normalized spacial score (nSPS) is 10.2. The number of hydrazine groups is 1. The molecule has 0 aliphatic rings. The first-order valence-corrected chi connectivity index (χ1v) is 7.99. The molecule has 0 unspecified atom stereocenters. The Morgan fingerprint density at radius 2 is 1.52 bits per heavy atom. The van der Waals surface area contributed by atoms with Crippen LogP contribution in [-0.4, -0.2) is 17.7 Å². The molecule has 0 fully saturated rings. The van der Waals surface area contributed by atoms with Crippen LogP contribution in [0.5, 0.6) is 0 Å². The van der Waals surface area contributed by atoms with Gasteiger partial charge in [-0.3, -0.25) is 25.2 Å². The molecule has 3 amide bonds. The first-order chi connectivity index (χ1) is 12.0. The van der Waals surface area contributed by atoms with Gasteiger partial charge in [0.05, 0.1) is 6.42 Å². The predicted octanol–water partition coefficient (Wildman–Crippen LogP) is 2.28. The summed E-state index contributed by atoms with van der Waals surface area (Å²) in [5, 5.41) is 2.74. The van der Waals surface area contributed by atoms with Gasteiger partial charge >= 0.3 is 0 Å². The Hall–Kier alpha value is -3.15. The van der Waals surface area contributed by atoms with Crippen LogP contribution in [-0.2, 0) is 16.0 Å². The van der Waals surface area contributed by atoms with E-state index in [9.17, 15) is 14.4 Å². The molecule has 0 bridgehead atoms. The molecule has 0 spiro atoms. The molecule has 6 nitrogen and oxygen atoms in total. The van der Waals surface area contributed by atoms with Crippen molar-refractivity contribution in [3.05, 3.63) is 65.7 Å². The van der Waals surface area contributed by atoms with Crippen molar-refractivity contribution in [2.45, 2.75) is 20.3 Å². The van der Waals surface area contributed by atoms with Gasteiger partial charge in [0, 0.05) is 17.2 Å². The Morgan fingerprint density at radius 3 is 2.12 bits per heavy atom. The standard InChI is InChI=1S/C19H21N3O3/c1-13(2)18(24)20-16-10-8-15(9-11-16)19(25)22-21-17(23)12-14-6-4-3-5-7-14/h3-11,13H,12H2,1-2H3,(H,20,24)(H,21,23)(H,22,25). The lowest BCUT2D eigenvalue weighted by Crippen LogP contribution is -2.42. The van der Waals surface area contributed by atoms with E-state index in [4.69, 9.17) is 0 Å². The highest BCUT2D eigenvalue weighted by Gasteiger charge is 2.10. The second-order valence-electron chi connectivity index (χ2n) is 5.89. The van der Waals surface area contributed by atoms with E-state index in [2.05, 4.69) is 16.2 Å². The zero-order valence-corrected chi connectivity index (χ0v) is 14.2. The summed E-state index contributed by atoms with van der Waals surface area (Å²) in [6.07, 6.45) is 0.182. The zero-order chi connectivity index (χ0) is 18.2. The second kappa shape index (κ2) is 8.63. The van der Waals surface area contributed by atoms with Gasteiger partial charge < -0.3 is 5.32 Å². The third-order valence-corrected chi connectivity index (χ3v) is 3.46. The average molecular weight is 339 g/mol.